The Balaban J connectivity index is 1.65. The summed E-state index contributed by atoms with van der Waals surface area (Å²) in [7, 11) is -3.47. The van der Waals surface area contributed by atoms with Gasteiger partial charge in [0.1, 0.15) is 0 Å². The van der Waals surface area contributed by atoms with E-state index in [1.165, 1.54) is 11.8 Å². The van der Waals surface area contributed by atoms with Gasteiger partial charge in [0, 0.05) is 25.4 Å². The highest BCUT2D eigenvalue weighted by Crippen LogP contribution is 2.28. The van der Waals surface area contributed by atoms with Gasteiger partial charge in [0.2, 0.25) is 5.91 Å². The summed E-state index contributed by atoms with van der Waals surface area (Å²) in [4.78, 5) is 15.3. The number of nitrogens with zero attached hydrogens (tertiary/aromatic N) is 1. The van der Waals surface area contributed by atoms with E-state index < -0.39 is 14.6 Å². The van der Waals surface area contributed by atoms with Crippen LogP contribution in [0, 0.1) is 0 Å². The molecule has 2 heterocycles. The van der Waals surface area contributed by atoms with Crippen molar-refractivity contribution in [3.8, 4) is 0 Å². The van der Waals surface area contributed by atoms with Crippen LogP contribution in [0.3, 0.4) is 0 Å². The molecule has 0 aromatic heterocycles. The molecule has 7 heteroatoms. The molecular formula is C20H31N3O3S. The van der Waals surface area contributed by atoms with E-state index >= 15 is 0 Å². The Labute approximate surface area is 162 Å². The zero-order valence-electron chi connectivity index (χ0n) is 16.1. The van der Waals surface area contributed by atoms with Crippen molar-refractivity contribution < 1.29 is 13.2 Å². The SMILES string of the molecule is CS(=O)(=O)C1(C(=O)NCC2CCCCN2Cc2ccccc2)CCNCC1. The maximum atomic E-state index is 12.9. The van der Waals surface area contributed by atoms with Crippen LogP contribution in [0.5, 0.6) is 0 Å². The van der Waals surface area contributed by atoms with E-state index in [1.807, 2.05) is 18.2 Å². The van der Waals surface area contributed by atoms with Crippen molar-refractivity contribution in [2.45, 2.75) is 49.4 Å². The largest absolute Gasteiger partial charge is 0.353 e. The van der Waals surface area contributed by atoms with Gasteiger partial charge in [0.25, 0.3) is 0 Å². The molecule has 150 valence electrons. The number of hydrogen-bond acceptors (Lipinski definition) is 5. The molecule has 1 atom stereocenters. The van der Waals surface area contributed by atoms with E-state index in [0.29, 0.717) is 32.5 Å². The predicted molar refractivity (Wildman–Crippen MR) is 107 cm³/mol. The van der Waals surface area contributed by atoms with Gasteiger partial charge in [-0.25, -0.2) is 8.42 Å². The molecule has 0 bridgehead atoms. The highest BCUT2D eigenvalue weighted by molar-refractivity contribution is 7.92. The number of nitrogens with one attached hydrogen (secondary N) is 2. The lowest BCUT2D eigenvalue weighted by Gasteiger charge is -2.38. The fraction of sp³-hybridized carbons (Fsp3) is 0.650. The second-order valence-electron chi connectivity index (χ2n) is 7.83. The number of likely N-dealkylation sites (tertiary alicyclic amines) is 1. The van der Waals surface area contributed by atoms with Crippen LogP contribution >= 0.6 is 0 Å². The second-order valence-corrected chi connectivity index (χ2v) is 10.2. The molecule has 1 aromatic carbocycles. The van der Waals surface area contributed by atoms with Crippen LogP contribution in [-0.4, -0.2) is 62.4 Å². The summed E-state index contributed by atoms with van der Waals surface area (Å²) in [6, 6.07) is 10.6. The molecule has 0 aliphatic carbocycles. The van der Waals surface area contributed by atoms with Gasteiger partial charge >= 0.3 is 0 Å². The quantitative estimate of drug-likeness (QED) is 0.762. The average molecular weight is 394 g/mol. The van der Waals surface area contributed by atoms with E-state index in [2.05, 4.69) is 27.7 Å². The predicted octanol–water partition coefficient (Wildman–Crippen LogP) is 1.32. The van der Waals surface area contributed by atoms with Gasteiger partial charge in [0.15, 0.2) is 14.6 Å². The number of sulfone groups is 1. The van der Waals surface area contributed by atoms with E-state index in [4.69, 9.17) is 0 Å². The Hall–Kier alpha value is -1.44. The molecule has 2 saturated heterocycles. The maximum absolute atomic E-state index is 12.9. The minimum absolute atomic E-state index is 0.251. The molecule has 1 aromatic rings. The van der Waals surface area contributed by atoms with Crippen molar-refractivity contribution in [1.29, 1.82) is 0 Å². The van der Waals surface area contributed by atoms with Crippen LogP contribution in [0.1, 0.15) is 37.7 Å². The van der Waals surface area contributed by atoms with Crippen molar-refractivity contribution in [2.24, 2.45) is 0 Å². The highest BCUT2D eigenvalue weighted by Gasteiger charge is 2.48. The Morgan fingerprint density at radius 1 is 1.22 bits per heavy atom. The summed E-state index contributed by atoms with van der Waals surface area (Å²) < 4.78 is 23.5. The van der Waals surface area contributed by atoms with Crippen molar-refractivity contribution in [3.05, 3.63) is 35.9 Å². The fourth-order valence-corrected chi connectivity index (χ4v) is 5.64. The van der Waals surface area contributed by atoms with Gasteiger partial charge in [-0.2, -0.15) is 0 Å². The molecule has 0 radical (unpaired) electrons. The summed E-state index contributed by atoms with van der Waals surface area (Å²) in [6.07, 6.45) is 5.22. The number of carbonyl (C=O) groups excluding carboxylic acids is 1. The lowest BCUT2D eigenvalue weighted by Crippen LogP contribution is -2.59. The van der Waals surface area contributed by atoms with Crippen molar-refractivity contribution in [1.82, 2.24) is 15.5 Å². The average Bonchev–Trinajstić information content (AvgIpc) is 2.67. The van der Waals surface area contributed by atoms with Gasteiger partial charge < -0.3 is 10.6 Å². The molecule has 1 unspecified atom stereocenters. The van der Waals surface area contributed by atoms with Crippen molar-refractivity contribution >= 4 is 15.7 Å². The number of carbonyl (C=O) groups is 1. The van der Waals surface area contributed by atoms with Crippen LogP contribution in [-0.2, 0) is 21.2 Å². The summed E-state index contributed by atoms with van der Waals surface area (Å²) in [5, 5.41) is 6.15. The van der Waals surface area contributed by atoms with Crippen LogP contribution in [0.4, 0.5) is 0 Å². The van der Waals surface area contributed by atoms with Gasteiger partial charge in [-0.05, 0) is 50.9 Å². The first-order valence-electron chi connectivity index (χ1n) is 9.89. The zero-order chi connectivity index (χ0) is 19.3. The summed E-state index contributed by atoms with van der Waals surface area (Å²) in [5.74, 6) is -0.322. The summed E-state index contributed by atoms with van der Waals surface area (Å²) in [6.45, 7) is 3.50. The number of rotatable bonds is 6. The monoisotopic (exact) mass is 393 g/mol. The fourth-order valence-electron chi connectivity index (χ4n) is 4.29. The van der Waals surface area contributed by atoms with E-state index in [9.17, 15) is 13.2 Å². The van der Waals surface area contributed by atoms with Crippen molar-refractivity contribution in [3.63, 3.8) is 0 Å². The second kappa shape index (κ2) is 8.71. The van der Waals surface area contributed by atoms with Gasteiger partial charge in [-0.15, -0.1) is 0 Å². The van der Waals surface area contributed by atoms with Gasteiger partial charge in [0.05, 0.1) is 0 Å². The lowest BCUT2D eigenvalue weighted by atomic mass is 9.95. The van der Waals surface area contributed by atoms with Crippen LogP contribution in [0.15, 0.2) is 30.3 Å². The number of piperidine rings is 2. The molecule has 27 heavy (non-hydrogen) atoms. The van der Waals surface area contributed by atoms with E-state index in [1.54, 1.807) is 0 Å². The van der Waals surface area contributed by atoms with Crippen molar-refractivity contribution in [2.75, 3.05) is 32.4 Å². The third kappa shape index (κ3) is 4.70. The first kappa shape index (κ1) is 20.3. The summed E-state index contributed by atoms with van der Waals surface area (Å²) in [5.41, 5.74) is 1.27. The van der Waals surface area contributed by atoms with Crippen LogP contribution in [0.25, 0.3) is 0 Å². The number of hydrogen-bond donors (Lipinski definition) is 2. The smallest absolute Gasteiger partial charge is 0.241 e. The minimum Gasteiger partial charge on any atom is -0.353 e. The van der Waals surface area contributed by atoms with Gasteiger partial charge in [-0.1, -0.05) is 36.8 Å². The van der Waals surface area contributed by atoms with Gasteiger partial charge in [-0.3, -0.25) is 9.69 Å². The Bertz CT molecular complexity index is 730. The van der Waals surface area contributed by atoms with Crippen LogP contribution < -0.4 is 10.6 Å². The lowest BCUT2D eigenvalue weighted by molar-refractivity contribution is -0.124. The molecule has 2 aliphatic heterocycles. The Morgan fingerprint density at radius 2 is 1.93 bits per heavy atom. The van der Waals surface area contributed by atoms with E-state index in [-0.39, 0.29) is 11.9 Å². The first-order valence-corrected chi connectivity index (χ1v) is 11.8. The zero-order valence-corrected chi connectivity index (χ0v) is 16.9. The van der Waals surface area contributed by atoms with Crippen LogP contribution in [0.2, 0.25) is 0 Å². The standard InChI is InChI=1S/C20H31N3O3S/c1-27(25,26)20(10-12-21-13-11-20)19(24)22-15-18-9-5-6-14-23(18)16-17-7-3-2-4-8-17/h2-4,7-8,18,21H,5-6,9-16H2,1H3,(H,22,24). The molecule has 3 rings (SSSR count). The molecule has 2 aliphatic rings. The molecular weight excluding hydrogens is 362 g/mol. The highest BCUT2D eigenvalue weighted by atomic mass is 32.2. The third-order valence-electron chi connectivity index (χ3n) is 6.01. The maximum Gasteiger partial charge on any atom is 0.241 e. The molecule has 6 nitrogen and oxygen atoms in total. The molecule has 1 amide bonds. The number of amides is 1. The molecule has 2 fully saturated rings. The van der Waals surface area contributed by atoms with E-state index in [0.717, 1.165) is 32.4 Å². The first-order chi connectivity index (χ1) is 12.9. The normalized spacial score (nSPS) is 23.7. The molecule has 0 saturated carbocycles. The summed E-state index contributed by atoms with van der Waals surface area (Å²) >= 11 is 0. The minimum atomic E-state index is -3.47. The Kier molecular flexibility index (Phi) is 6.55. The molecule has 2 N–H and O–H groups in total. The molecule has 0 spiro atoms. The topological polar surface area (TPSA) is 78.5 Å². The Morgan fingerprint density at radius 3 is 2.59 bits per heavy atom. The number of benzene rings is 1. The third-order valence-corrected chi connectivity index (χ3v) is 8.02.